The lowest BCUT2D eigenvalue weighted by Crippen LogP contribution is -2.21. The second-order valence-corrected chi connectivity index (χ2v) is 5.88. The van der Waals surface area contributed by atoms with Crippen LogP contribution in [0.15, 0.2) is 30.3 Å². The van der Waals surface area contributed by atoms with Crippen molar-refractivity contribution in [3.63, 3.8) is 0 Å². The third-order valence-corrected chi connectivity index (χ3v) is 4.00. The van der Waals surface area contributed by atoms with E-state index in [1.807, 2.05) is 13.0 Å². The summed E-state index contributed by atoms with van der Waals surface area (Å²) in [5.74, 6) is -0.136. The van der Waals surface area contributed by atoms with E-state index >= 15 is 0 Å². The molecule has 3 heteroatoms. The fourth-order valence-electron chi connectivity index (χ4n) is 1.80. The minimum absolute atomic E-state index is 0.136. The first kappa shape index (κ1) is 13.2. The maximum absolute atomic E-state index is 13.5. The number of halogens is 1. The Bertz CT molecular complexity index is 531. The Morgan fingerprint density at radius 3 is 2.72 bits per heavy atom. The van der Waals surface area contributed by atoms with E-state index in [1.54, 1.807) is 17.4 Å². The maximum Gasteiger partial charge on any atom is 0.126 e. The van der Waals surface area contributed by atoms with Gasteiger partial charge in [0.2, 0.25) is 0 Å². The zero-order valence-electron chi connectivity index (χ0n) is 11.0. The molecule has 0 bridgehead atoms. The number of hydrogen-bond donors (Lipinski definition) is 1. The minimum atomic E-state index is -0.136. The number of nitrogens with one attached hydrogen (secondary N) is 1. The normalized spacial score (nSPS) is 11.2. The maximum atomic E-state index is 13.5. The zero-order chi connectivity index (χ0) is 13.1. The molecule has 0 radical (unpaired) electrons. The first-order chi connectivity index (χ1) is 8.58. The van der Waals surface area contributed by atoms with E-state index in [4.69, 9.17) is 0 Å². The fourth-order valence-corrected chi connectivity index (χ4v) is 2.84. The van der Waals surface area contributed by atoms with Gasteiger partial charge in [-0.2, -0.15) is 0 Å². The van der Waals surface area contributed by atoms with Crippen LogP contribution in [-0.2, 0) is 6.54 Å². The topological polar surface area (TPSA) is 12.0 Å². The average molecular weight is 263 g/mol. The number of thiophene rings is 1. The van der Waals surface area contributed by atoms with Gasteiger partial charge in [-0.15, -0.1) is 11.3 Å². The van der Waals surface area contributed by atoms with Gasteiger partial charge in [-0.3, -0.25) is 0 Å². The molecule has 1 nitrogen and oxygen atoms in total. The van der Waals surface area contributed by atoms with E-state index in [1.165, 1.54) is 10.9 Å². The summed E-state index contributed by atoms with van der Waals surface area (Å²) in [4.78, 5) is 2.41. The van der Waals surface area contributed by atoms with Crippen molar-refractivity contribution in [2.75, 3.05) is 0 Å². The standard InChI is InChI=1S/C15H18FNS/c1-10(2)17-9-12-7-8-15(18-12)13-5-4-6-14(16)11(13)3/h4-8,10,17H,9H2,1-3H3. The highest BCUT2D eigenvalue weighted by Gasteiger charge is 2.08. The fraction of sp³-hybridized carbons (Fsp3) is 0.333. The predicted octanol–water partition coefficient (Wildman–Crippen LogP) is 4.36. The van der Waals surface area contributed by atoms with Gasteiger partial charge in [0.15, 0.2) is 0 Å². The highest BCUT2D eigenvalue weighted by molar-refractivity contribution is 7.15. The molecule has 1 aromatic heterocycles. The van der Waals surface area contributed by atoms with E-state index in [0.717, 1.165) is 22.5 Å². The molecule has 1 N–H and O–H groups in total. The van der Waals surface area contributed by atoms with Crippen LogP contribution >= 0.6 is 11.3 Å². The molecule has 0 aliphatic heterocycles. The van der Waals surface area contributed by atoms with Gasteiger partial charge in [-0.1, -0.05) is 26.0 Å². The van der Waals surface area contributed by atoms with Crippen molar-refractivity contribution in [3.05, 3.63) is 46.6 Å². The van der Waals surface area contributed by atoms with E-state index in [9.17, 15) is 4.39 Å². The van der Waals surface area contributed by atoms with Gasteiger partial charge in [0.05, 0.1) is 0 Å². The van der Waals surface area contributed by atoms with Gasteiger partial charge in [0, 0.05) is 22.3 Å². The highest BCUT2D eigenvalue weighted by Crippen LogP contribution is 2.31. The third-order valence-electron chi connectivity index (χ3n) is 2.88. The summed E-state index contributed by atoms with van der Waals surface area (Å²) in [5.41, 5.74) is 1.72. The summed E-state index contributed by atoms with van der Waals surface area (Å²) in [7, 11) is 0. The first-order valence-electron chi connectivity index (χ1n) is 6.15. The minimum Gasteiger partial charge on any atom is -0.310 e. The van der Waals surface area contributed by atoms with Crippen LogP contribution in [0.1, 0.15) is 24.3 Å². The molecule has 1 heterocycles. The lowest BCUT2D eigenvalue weighted by molar-refractivity contribution is 0.593. The highest BCUT2D eigenvalue weighted by atomic mass is 32.1. The molecule has 0 aliphatic carbocycles. The molecule has 96 valence electrons. The van der Waals surface area contributed by atoms with Gasteiger partial charge in [0.25, 0.3) is 0 Å². The quantitative estimate of drug-likeness (QED) is 0.864. The van der Waals surface area contributed by atoms with Crippen molar-refractivity contribution >= 4 is 11.3 Å². The van der Waals surface area contributed by atoms with Gasteiger partial charge in [-0.25, -0.2) is 4.39 Å². The van der Waals surface area contributed by atoms with Crippen molar-refractivity contribution in [2.24, 2.45) is 0 Å². The monoisotopic (exact) mass is 263 g/mol. The Morgan fingerprint density at radius 2 is 2.00 bits per heavy atom. The molecule has 0 atom stereocenters. The van der Waals surface area contributed by atoms with Crippen molar-refractivity contribution < 1.29 is 4.39 Å². The second-order valence-electron chi connectivity index (χ2n) is 4.71. The molecule has 1 aromatic carbocycles. The number of hydrogen-bond acceptors (Lipinski definition) is 2. The van der Waals surface area contributed by atoms with E-state index in [0.29, 0.717) is 6.04 Å². The van der Waals surface area contributed by atoms with Gasteiger partial charge >= 0.3 is 0 Å². The van der Waals surface area contributed by atoms with Crippen LogP contribution in [0.2, 0.25) is 0 Å². The lowest BCUT2D eigenvalue weighted by Gasteiger charge is -2.06. The van der Waals surface area contributed by atoms with Gasteiger partial charge in [0.1, 0.15) is 5.82 Å². The zero-order valence-corrected chi connectivity index (χ0v) is 11.8. The first-order valence-corrected chi connectivity index (χ1v) is 6.97. The molecule has 0 fully saturated rings. The summed E-state index contributed by atoms with van der Waals surface area (Å²) in [5, 5.41) is 3.39. The van der Waals surface area contributed by atoms with Crippen LogP contribution in [-0.4, -0.2) is 6.04 Å². The summed E-state index contributed by atoms with van der Waals surface area (Å²) in [6.45, 7) is 6.96. The van der Waals surface area contributed by atoms with E-state index < -0.39 is 0 Å². The van der Waals surface area contributed by atoms with E-state index in [2.05, 4.69) is 31.3 Å². The summed E-state index contributed by atoms with van der Waals surface area (Å²) in [6.07, 6.45) is 0. The van der Waals surface area contributed by atoms with Crippen LogP contribution in [0.5, 0.6) is 0 Å². The SMILES string of the molecule is Cc1c(F)cccc1-c1ccc(CNC(C)C)s1. The molecule has 0 amide bonds. The average Bonchev–Trinajstić information content (AvgIpc) is 2.78. The van der Waals surface area contributed by atoms with Crippen LogP contribution in [0.25, 0.3) is 10.4 Å². The van der Waals surface area contributed by atoms with Crippen LogP contribution in [0, 0.1) is 12.7 Å². The predicted molar refractivity (Wildman–Crippen MR) is 76.4 cm³/mol. The van der Waals surface area contributed by atoms with Crippen molar-refractivity contribution in [3.8, 4) is 10.4 Å². The van der Waals surface area contributed by atoms with Crippen LogP contribution in [0.3, 0.4) is 0 Å². The Labute approximate surface area is 112 Å². The number of benzene rings is 1. The summed E-state index contributed by atoms with van der Waals surface area (Å²) in [6, 6.07) is 9.91. The molecule has 0 spiro atoms. The summed E-state index contributed by atoms with van der Waals surface area (Å²) < 4.78 is 13.5. The summed E-state index contributed by atoms with van der Waals surface area (Å²) >= 11 is 1.72. The molecule has 0 saturated heterocycles. The van der Waals surface area contributed by atoms with Crippen molar-refractivity contribution in [1.29, 1.82) is 0 Å². The Morgan fingerprint density at radius 1 is 1.22 bits per heavy atom. The Kier molecular flexibility index (Phi) is 4.15. The van der Waals surface area contributed by atoms with E-state index in [-0.39, 0.29) is 5.82 Å². The van der Waals surface area contributed by atoms with Crippen LogP contribution in [0.4, 0.5) is 4.39 Å². The largest absolute Gasteiger partial charge is 0.310 e. The van der Waals surface area contributed by atoms with Crippen molar-refractivity contribution in [1.82, 2.24) is 5.32 Å². The van der Waals surface area contributed by atoms with Gasteiger partial charge < -0.3 is 5.32 Å². The smallest absolute Gasteiger partial charge is 0.126 e. The Hall–Kier alpha value is -1.19. The molecule has 2 aromatic rings. The lowest BCUT2D eigenvalue weighted by atomic mass is 10.1. The van der Waals surface area contributed by atoms with Gasteiger partial charge in [-0.05, 0) is 36.2 Å². The molecule has 0 aliphatic rings. The third kappa shape index (κ3) is 2.98. The van der Waals surface area contributed by atoms with Crippen LogP contribution < -0.4 is 5.32 Å². The second kappa shape index (κ2) is 5.63. The number of rotatable bonds is 4. The Balaban J connectivity index is 2.21. The molecule has 18 heavy (non-hydrogen) atoms. The molecule has 0 unspecified atom stereocenters. The molecule has 0 saturated carbocycles. The van der Waals surface area contributed by atoms with Crippen molar-refractivity contribution in [2.45, 2.75) is 33.4 Å². The molecule has 2 rings (SSSR count). The molecular formula is C15H18FNS. The molecular weight excluding hydrogens is 245 g/mol.